The molecule has 132 valence electrons. The Bertz CT molecular complexity index is 849. The summed E-state index contributed by atoms with van der Waals surface area (Å²) in [5.41, 5.74) is 1.46. The van der Waals surface area contributed by atoms with Gasteiger partial charge in [0, 0.05) is 12.0 Å². The molecule has 25 heavy (non-hydrogen) atoms. The van der Waals surface area contributed by atoms with Gasteiger partial charge >= 0.3 is 0 Å². The van der Waals surface area contributed by atoms with Gasteiger partial charge in [0.2, 0.25) is 16.8 Å². The van der Waals surface area contributed by atoms with Crippen LogP contribution >= 0.6 is 0 Å². The molecule has 0 saturated heterocycles. The number of hydrogen-bond donors (Lipinski definition) is 2. The first kappa shape index (κ1) is 17.5. The summed E-state index contributed by atoms with van der Waals surface area (Å²) in [4.78, 5) is 0. The Balaban J connectivity index is 1.52. The number of fused-ring (bicyclic) bond motifs is 1. The summed E-state index contributed by atoms with van der Waals surface area (Å²) in [5, 5.41) is 11.3. The number of aliphatic hydroxyl groups excluding tert-OH is 1. The third kappa shape index (κ3) is 4.82. The van der Waals surface area contributed by atoms with E-state index in [0.29, 0.717) is 17.1 Å². The van der Waals surface area contributed by atoms with E-state index in [9.17, 15) is 13.5 Å². The fraction of sp³-hybridized carbons (Fsp3) is 0.222. The zero-order chi connectivity index (χ0) is 17.7. The molecule has 0 aliphatic carbocycles. The highest BCUT2D eigenvalue weighted by molar-refractivity contribution is 7.92. The van der Waals surface area contributed by atoms with Gasteiger partial charge in [-0.05, 0) is 35.8 Å². The molecule has 3 rings (SSSR count). The van der Waals surface area contributed by atoms with Crippen LogP contribution in [0.5, 0.6) is 11.5 Å². The highest BCUT2D eigenvalue weighted by Crippen LogP contribution is 2.34. The molecule has 1 heterocycles. The van der Waals surface area contributed by atoms with Crippen molar-refractivity contribution < 1.29 is 23.0 Å². The molecule has 0 aromatic heterocycles. The van der Waals surface area contributed by atoms with Crippen molar-refractivity contribution in [2.45, 2.75) is 12.5 Å². The minimum absolute atomic E-state index is 0.122. The van der Waals surface area contributed by atoms with Crippen molar-refractivity contribution in [1.29, 1.82) is 0 Å². The van der Waals surface area contributed by atoms with Crippen LogP contribution in [-0.2, 0) is 10.0 Å². The average molecular weight is 361 g/mol. The standard InChI is InChI=1S/C18H19NO5S/c20-16(15-6-7-17-18(12-15)24-13-23-17)8-10-19-25(21,22)11-9-14-4-2-1-3-5-14/h1-7,9,11-12,16,19-20H,8,10,13H2/b11-9+. The Hall–Kier alpha value is -2.35. The van der Waals surface area contributed by atoms with Crippen LogP contribution in [0.4, 0.5) is 0 Å². The van der Waals surface area contributed by atoms with Gasteiger partial charge < -0.3 is 14.6 Å². The van der Waals surface area contributed by atoms with Gasteiger partial charge in [-0.25, -0.2) is 13.1 Å². The summed E-state index contributed by atoms with van der Waals surface area (Å²) in [7, 11) is -3.55. The molecule has 1 aliphatic heterocycles. The lowest BCUT2D eigenvalue weighted by Gasteiger charge is -2.11. The van der Waals surface area contributed by atoms with E-state index in [1.165, 1.54) is 6.08 Å². The molecule has 0 radical (unpaired) electrons. The van der Waals surface area contributed by atoms with Gasteiger partial charge in [-0.1, -0.05) is 36.4 Å². The average Bonchev–Trinajstić information content (AvgIpc) is 3.08. The van der Waals surface area contributed by atoms with Crippen LogP contribution in [0, 0.1) is 0 Å². The maximum atomic E-state index is 12.0. The second kappa shape index (κ2) is 7.69. The molecule has 2 N–H and O–H groups in total. The number of hydrogen-bond acceptors (Lipinski definition) is 5. The maximum absolute atomic E-state index is 12.0. The van der Waals surface area contributed by atoms with Crippen LogP contribution in [0.1, 0.15) is 23.7 Å². The number of aliphatic hydroxyl groups is 1. The third-order valence-corrected chi connectivity index (χ3v) is 4.84. The number of nitrogens with one attached hydrogen (secondary N) is 1. The van der Waals surface area contributed by atoms with Crippen LogP contribution in [0.3, 0.4) is 0 Å². The molecule has 0 saturated carbocycles. The van der Waals surface area contributed by atoms with Crippen LogP contribution in [0.15, 0.2) is 53.9 Å². The first-order valence-electron chi connectivity index (χ1n) is 7.84. The lowest BCUT2D eigenvalue weighted by Crippen LogP contribution is -2.23. The van der Waals surface area contributed by atoms with E-state index in [1.54, 1.807) is 18.2 Å². The van der Waals surface area contributed by atoms with E-state index in [2.05, 4.69) is 4.72 Å². The van der Waals surface area contributed by atoms with Gasteiger partial charge in [0.05, 0.1) is 6.10 Å². The second-order valence-electron chi connectivity index (χ2n) is 5.57. The number of ether oxygens (including phenoxy) is 2. The van der Waals surface area contributed by atoms with E-state index in [4.69, 9.17) is 9.47 Å². The molecule has 2 aromatic rings. The summed E-state index contributed by atoms with van der Waals surface area (Å²) >= 11 is 0. The van der Waals surface area contributed by atoms with Crippen LogP contribution < -0.4 is 14.2 Å². The Morgan fingerprint density at radius 2 is 1.88 bits per heavy atom. The van der Waals surface area contributed by atoms with Crippen molar-refractivity contribution >= 4 is 16.1 Å². The largest absolute Gasteiger partial charge is 0.454 e. The van der Waals surface area contributed by atoms with E-state index in [-0.39, 0.29) is 19.8 Å². The maximum Gasteiger partial charge on any atom is 0.233 e. The zero-order valence-electron chi connectivity index (χ0n) is 13.5. The Morgan fingerprint density at radius 3 is 2.68 bits per heavy atom. The molecule has 0 bridgehead atoms. The van der Waals surface area contributed by atoms with E-state index >= 15 is 0 Å². The van der Waals surface area contributed by atoms with Gasteiger partial charge in [0.15, 0.2) is 11.5 Å². The molecule has 1 atom stereocenters. The molecule has 0 fully saturated rings. The predicted molar refractivity (Wildman–Crippen MR) is 94.5 cm³/mol. The Labute approximate surface area is 146 Å². The molecular formula is C18H19NO5S. The fourth-order valence-corrected chi connectivity index (χ4v) is 3.24. The van der Waals surface area contributed by atoms with Crippen molar-refractivity contribution in [1.82, 2.24) is 4.72 Å². The van der Waals surface area contributed by atoms with Gasteiger partial charge in [-0.15, -0.1) is 0 Å². The molecule has 1 unspecified atom stereocenters. The minimum Gasteiger partial charge on any atom is -0.454 e. The number of sulfonamides is 1. The molecule has 1 aliphatic rings. The van der Waals surface area contributed by atoms with Gasteiger partial charge in [-0.2, -0.15) is 0 Å². The van der Waals surface area contributed by atoms with Crippen molar-refractivity contribution in [3.8, 4) is 11.5 Å². The molecule has 2 aromatic carbocycles. The Kier molecular flexibility index (Phi) is 5.37. The predicted octanol–water partition coefficient (Wildman–Crippen LogP) is 2.43. The highest BCUT2D eigenvalue weighted by Gasteiger charge is 2.17. The van der Waals surface area contributed by atoms with Crippen LogP contribution in [0.2, 0.25) is 0 Å². The zero-order valence-corrected chi connectivity index (χ0v) is 14.3. The smallest absolute Gasteiger partial charge is 0.233 e. The fourth-order valence-electron chi connectivity index (χ4n) is 2.41. The molecular weight excluding hydrogens is 342 g/mol. The van der Waals surface area contributed by atoms with E-state index in [1.807, 2.05) is 30.3 Å². The first-order chi connectivity index (χ1) is 12.0. The molecule has 7 heteroatoms. The van der Waals surface area contributed by atoms with Crippen molar-refractivity contribution in [3.05, 3.63) is 65.1 Å². The van der Waals surface area contributed by atoms with E-state index < -0.39 is 16.1 Å². The van der Waals surface area contributed by atoms with Crippen molar-refractivity contribution in [2.24, 2.45) is 0 Å². The topological polar surface area (TPSA) is 84.9 Å². The van der Waals surface area contributed by atoms with Crippen LogP contribution in [0.25, 0.3) is 6.08 Å². The number of benzene rings is 2. The third-order valence-electron chi connectivity index (χ3n) is 3.74. The number of rotatable bonds is 7. The van der Waals surface area contributed by atoms with Crippen LogP contribution in [-0.4, -0.2) is 26.9 Å². The van der Waals surface area contributed by atoms with E-state index in [0.717, 1.165) is 11.0 Å². The molecule has 6 nitrogen and oxygen atoms in total. The monoisotopic (exact) mass is 361 g/mol. The normalized spacial score (nSPS) is 14.8. The Morgan fingerprint density at radius 1 is 1.12 bits per heavy atom. The lowest BCUT2D eigenvalue weighted by atomic mass is 10.1. The summed E-state index contributed by atoms with van der Waals surface area (Å²) in [6.07, 6.45) is 0.976. The van der Waals surface area contributed by atoms with Gasteiger partial charge in [0.1, 0.15) is 0 Å². The molecule has 0 amide bonds. The molecule has 0 spiro atoms. The second-order valence-corrected chi connectivity index (χ2v) is 7.22. The lowest BCUT2D eigenvalue weighted by molar-refractivity contribution is 0.166. The van der Waals surface area contributed by atoms with Crippen molar-refractivity contribution in [2.75, 3.05) is 13.3 Å². The summed E-state index contributed by atoms with van der Waals surface area (Å²) in [6, 6.07) is 14.3. The summed E-state index contributed by atoms with van der Waals surface area (Å²) in [6.45, 7) is 0.291. The highest BCUT2D eigenvalue weighted by atomic mass is 32.2. The SMILES string of the molecule is O=S(=O)(/C=C/c1ccccc1)NCCC(O)c1ccc2c(c1)OCO2. The van der Waals surface area contributed by atoms with Gasteiger partial charge in [-0.3, -0.25) is 0 Å². The van der Waals surface area contributed by atoms with Gasteiger partial charge in [0.25, 0.3) is 0 Å². The van der Waals surface area contributed by atoms with Crippen molar-refractivity contribution in [3.63, 3.8) is 0 Å². The first-order valence-corrected chi connectivity index (χ1v) is 9.38. The summed E-state index contributed by atoms with van der Waals surface area (Å²) < 4.78 is 36.9. The summed E-state index contributed by atoms with van der Waals surface area (Å²) in [5.74, 6) is 1.23. The quantitative estimate of drug-likeness (QED) is 0.791. The minimum atomic E-state index is -3.55.